The Bertz CT molecular complexity index is 2060. The Kier molecular flexibility index (Phi) is 15.5. The van der Waals surface area contributed by atoms with Crippen molar-refractivity contribution in [1.29, 1.82) is 0 Å². The van der Waals surface area contributed by atoms with Gasteiger partial charge in [0.25, 0.3) is 0 Å². The third-order valence-corrected chi connectivity index (χ3v) is 11.4. The average molecular weight is 809 g/mol. The van der Waals surface area contributed by atoms with Crippen molar-refractivity contribution in [3.63, 3.8) is 0 Å². The first kappa shape index (κ1) is 42.7. The summed E-state index contributed by atoms with van der Waals surface area (Å²) in [4.78, 5) is 65.7. The lowest BCUT2D eigenvalue weighted by atomic mass is 10.0. The van der Waals surface area contributed by atoms with Crippen LogP contribution in [0.5, 0.6) is 5.75 Å². The van der Waals surface area contributed by atoms with Gasteiger partial charge in [-0.15, -0.1) is 22.7 Å². The minimum atomic E-state index is -0.747. The number of rotatable bonds is 19. The molecule has 0 spiro atoms. The molecule has 2 aromatic heterocycles. The molecule has 0 radical (unpaired) electrons. The van der Waals surface area contributed by atoms with Gasteiger partial charge in [0.2, 0.25) is 18.2 Å². The van der Waals surface area contributed by atoms with E-state index in [0.29, 0.717) is 38.3 Å². The molecular formula is C44H52N6O5S2. The molecule has 3 aromatic carbocycles. The molecule has 0 saturated carbocycles. The van der Waals surface area contributed by atoms with Crippen LogP contribution in [-0.4, -0.2) is 69.3 Å². The van der Waals surface area contributed by atoms with Crippen LogP contribution < -0.4 is 15.4 Å². The molecule has 0 aliphatic heterocycles. The molecule has 0 aliphatic carbocycles. The van der Waals surface area contributed by atoms with Gasteiger partial charge in [-0.1, -0.05) is 108 Å². The maximum Gasteiger partial charge on any atom is 0.413 e. The lowest BCUT2D eigenvalue weighted by Gasteiger charge is -2.29. The first-order chi connectivity index (χ1) is 27.5. The predicted octanol–water partition coefficient (Wildman–Crippen LogP) is 8.66. The van der Waals surface area contributed by atoms with Crippen molar-refractivity contribution in [3.8, 4) is 37.8 Å². The number of amides is 4. The van der Waals surface area contributed by atoms with Crippen LogP contribution in [0.4, 0.5) is 4.79 Å². The van der Waals surface area contributed by atoms with Crippen molar-refractivity contribution in [2.24, 2.45) is 11.8 Å². The zero-order valence-corrected chi connectivity index (χ0v) is 35.1. The molecule has 2 N–H and O–H groups in total. The molecule has 4 amide bonds. The van der Waals surface area contributed by atoms with Crippen LogP contribution in [0.1, 0.15) is 64.4 Å². The fraction of sp³-hybridized carbons (Fsp3) is 0.364. The van der Waals surface area contributed by atoms with Crippen molar-refractivity contribution >= 4 is 47.0 Å². The normalized spacial score (nSPS) is 12.2. The summed E-state index contributed by atoms with van der Waals surface area (Å²) in [6, 6.07) is 24.2. The number of carbonyl (C=O) groups is 4. The summed E-state index contributed by atoms with van der Waals surface area (Å²) in [7, 11) is 0. The second-order valence-corrected chi connectivity index (χ2v) is 16.7. The van der Waals surface area contributed by atoms with Crippen molar-refractivity contribution in [1.82, 2.24) is 30.4 Å². The molecule has 0 aliphatic rings. The standard InChI is InChI=1S/C44H52N6O5S2/c1-7-22-49(42(52)40(29(3)4)47-28-51)26-38-45-24-36(56-38)33-18-14-31(15-19-33)32-16-20-34(21-17-32)37-25-46-39(57-37)27-50(23-8-2)43(53)41(30(5)6)48-44(54)55-35-12-10-9-11-13-35/h9-21,24-25,28-30,40-41H,7-8,22-23,26-27H2,1-6H3,(H,47,51)(H,48,54)/t40-,41-/m0/s1. The van der Waals surface area contributed by atoms with Crippen molar-refractivity contribution in [3.05, 3.63) is 101 Å². The van der Waals surface area contributed by atoms with Crippen LogP contribution in [0, 0.1) is 11.8 Å². The van der Waals surface area contributed by atoms with Crippen molar-refractivity contribution < 1.29 is 23.9 Å². The number of para-hydroxylation sites is 1. The lowest BCUT2D eigenvalue weighted by molar-refractivity contribution is -0.136. The van der Waals surface area contributed by atoms with E-state index in [0.717, 1.165) is 54.9 Å². The maximum atomic E-state index is 13.8. The van der Waals surface area contributed by atoms with Gasteiger partial charge in [-0.25, -0.2) is 14.8 Å². The summed E-state index contributed by atoms with van der Waals surface area (Å²) < 4.78 is 5.40. The number of hydrogen-bond acceptors (Lipinski definition) is 9. The van der Waals surface area contributed by atoms with Crippen molar-refractivity contribution in [2.75, 3.05) is 13.1 Å². The van der Waals surface area contributed by atoms with E-state index >= 15 is 0 Å². The second kappa shape index (κ2) is 20.7. The summed E-state index contributed by atoms with van der Waals surface area (Å²) in [5, 5.41) is 7.11. The van der Waals surface area contributed by atoms with E-state index in [1.807, 2.05) is 60.0 Å². The number of thiazole rings is 2. The van der Waals surface area contributed by atoms with Gasteiger partial charge in [0, 0.05) is 25.5 Å². The van der Waals surface area contributed by atoms with Gasteiger partial charge in [0.1, 0.15) is 27.8 Å². The largest absolute Gasteiger partial charge is 0.413 e. The highest BCUT2D eigenvalue weighted by Crippen LogP contribution is 2.32. The molecule has 11 nitrogen and oxygen atoms in total. The number of hydrogen-bond donors (Lipinski definition) is 2. The summed E-state index contributed by atoms with van der Waals surface area (Å²) in [5.41, 5.74) is 4.24. The molecule has 13 heteroatoms. The number of ether oxygens (including phenoxy) is 1. The first-order valence-electron chi connectivity index (χ1n) is 19.4. The van der Waals surface area contributed by atoms with E-state index in [1.165, 1.54) is 0 Å². The summed E-state index contributed by atoms with van der Waals surface area (Å²) in [6.07, 6.45) is 5.19. The van der Waals surface area contributed by atoms with Gasteiger partial charge in [-0.3, -0.25) is 14.4 Å². The molecular weight excluding hydrogens is 757 g/mol. The van der Waals surface area contributed by atoms with E-state index in [4.69, 9.17) is 4.74 Å². The van der Waals surface area contributed by atoms with Gasteiger partial charge < -0.3 is 25.2 Å². The Hall–Kier alpha value is -5.40. The third kappa shape index (κ3) is 11.6. The monoisotopic (exact) mass is 808 g/mol. The minimum absolute atomic E-state index is 0.0245. The van der Waals surface area contributed by atoms with Crippen LogP contribution in [0.3, 0.4) is 0 Å². The first-order valence-corrected chi connectivity index (χ1v) is 21.1. The Morgan fingerprint density at radius 3 is 1.53 bits per heavy atom. The lowest BCUT2D eigenvalue weighted by Crippen LogP contribution is -2.51. The second-order valence-electron chi connectivity index (χ2n) is 14.5. The van der Waals surface area contributed by atoms with Gasteiger partial charge in [0.05, 0.1) is 22.8 Å². The Morgan fingerprint density at radius 2 is 1.11 bits per heavy atom. The highest BCUT2D eigenvalue weighted by atomic mass is 32.1. The summed E-state index contributed by atoms with van der Waals surface area (Å²) in [5.74, 6) is -0.0310. The van der Waals surface area contributed by atoms with Crippen LogP contribution in [0.2, 0.25) is 0 Å². The van der Waals surface area contributed by atoms with E-state index in [-0.39, 0.29) is 23.7 Å². The molecule has 0 saturated heterocycles. The fourth-order valence-corrected chi connectivity index (χ4v) is 8.25. The van der Waals surface area contributed by atoms with Crippen LogP contribution in [-0.2, 0) is 27.5 Å². The quantitative estimate of drug-likeness (QED) is 0.0798. The molecule has 5 rings (SSSR count). The smallest absolute Gasteiger partial charge is 0.410 e. The number of nitrogens with zero attached hydrogens (tertiary/aromatic N) is 4. The van der Waals surface area contributed by atoms with Gasteiger partial charge in [0.15, 0.2) is 0 Å². The Labute approximate surface area is 343 Å². The highest BCUT2D eigenvalue weighted by molar-refractivity contribution is 7.15. The average Bonchev–Trinajstić information content (AvgIpc) is 3.89. The van der Waals surface area contributed by atoms with E-state index in [9.17, 15) is 19.2 Å². The summed E-state index contributed by atoms with van der Waals surface area (Å²) >= 11 is 3.11. The van der Waals surface area contributed by atoms with Crippen molar-refractivity contribution in [2.45, 2.75) is 79.6 Å². The highest BCUT2D eigenvalue weighted by Gasteiger charge is 2.30. The fourth-order valence-electron chi connectivity index (χ4n) is 6.37. The zero-order valence-electron chi connectivity index (χ0n) is 33.4. The number of aromatic nitrogens is 2. The number of nitrogens with one attached hydrogen (secondary N) is 2. The third-order valence-electron chi connectivity index (χ3n) is 9.38. The van der Waals surface area contributed by atoms with E-state index < -0.39 is 18.2 Å². The number of benzene rings is 3. The molecule has 2 atom stereocenters. The molecule has 0 fully saturated rings. The number of carbonyl (C=O) groups excluding carboxylic acids is 4. The Balaban J connectivity index is 1.21. The van der Waals surface area contributed by atoms with Gasteiger partial charge in [-0.2, -0.15) is 0 Å². The van der Waals surface area contributed by atoms with Gasteiger partial charge in [-0.05, 0) is 59.1 Å². The summed E-state index contributed by atoms with van der Waals surface area (Å²) in [6.45, 7) is 13.6. The molecule has 300 valence electrons. The predicted molar refractivity (Wildman–Crippen MR) is 228 cm³/mol. The van der Waals surface area contributed by atoms with E-state index in [2.05, 4.69) is 69.1 Å². The molecule has 5 aromatic rings. The molecule has 57 heavy (non-hydrogen) atoms. The SMILES string of the molecule is CCCN(Cc1ncc(-c2ccc(-c3ccc(-c4cnc(CN(CCC)C(=O)[C@@H](NC(=O)Oc5ccccc5)C(C)C)s4)cc3)cc2)s1)C(=O)[C@@H](NC=O)C(C)C. The van der Waals surface area contributed by atoms with Crippen LogP contribution >= 0.6 is 22.7 Å². The zero-order chi connectivity index (χ0) is 40.9. The molecule has 0 bridgehead atoms. The molecule has 0 unspecified atom stereocenters. The minimum Gasteiger partial charge on any atom is -0.410 e. The Morgan fingerprint density at radius 1 is 0.667 bits per heavy atom. The van der Waals surface area contributed by atoms with Crippen LogP contribution in [0.15, 0.2) is 91.3 Å². The molecule has 2 heterocycles. The van der Waals surface area contributed by atoms with Gasteiger partial charge >= 0.3 is 6.09 Å². The van der Waals surface area contributed by atoms with Crippen LogP contribution in [0.25, 0.3) is 32.0 Å². The topological polar surface area (TPSA) is 134 Å². The van der Waals surface area contributed by atoms with E-state index in [1.54, 1.807) is 56.7 Å². The maximum absolute atomic E-state index is 13.8.